The normalized spacial score (nSPS) is 10.4. The Balaban J connectivity index is 2.38. The molecule has 1 N–H and O–H groups in total. The van der Waals surface area contributed by atoms with Crippen molar-refractivity contribution in [3.8, 4) is 5.00 Å². The van der Waals surface area contributed by atoms with E-state index in [4.69, 9.17) is 5.11 Å². The number of aryl methyl sites for hydroxylation is 1. The van der Waals surface area contributed by atoms with Crippen LogP contribution in [0.25, 0.3) is 5.00 Å². The van der Waals surface area contributed by atoms with Crippen molar-refractivity contribution >= 4 is 17.3 Å². The Hall–Kier alpha value is -1.69. The van der Waals surface area contributed by atoms with Gasteiger partial charge in [0.1, 0.15) is 11.3 Å². The van der Waals surface area contributed by atoms with Crippen LogP contribution in [-0.4, -0.2) is 25.6 Å². The van der Waals surface area contributed by atoms with Crippen LogP contribution >= 0.6 is 11.3 Å². The fourth-order valence-corrected chi connectivity index (χ4v) is 1.74. The van der Waals surface area contributed by atoms with Crippen LogP contribution in [0, 0.1) is 6.92 Å². The molecule has 2 aromatic rings. The highest BCUT2D eigenvalue weighted by Crippen LogP contribution is 2.16. The Morgan fingerprint density at radius 3 is 2.86 bits per heavy atom. The van der Waals surface area contributed by atoms with Crippen LogP contribution < -0.4 is 0 Å². The number of carboxylic acid groups (broad SMARTS) is 1. The van der Waals surface area contributed by atoms with E-state index in [2.05, 4.69) is 9.97 Å². The van der Waals surface area contributed by atoms with Gasteiger partial charge < -0.3 is 5.11 Å². The minimum Gasteiger partial charge on any atom is -0.476 e. The summed E-state index contributed by atoms with van der Waals surface area (Å²) in [7, 11) is 0. The first kappa shape index (κ1) is 8.89. The Morgan fingerprint density at radius 2 is 2.36 bits per heavy atom. The Labute approximate surface area is 83.7 Å². The van der Waals surface area contributed by atoms with Crippen molar-refractivity contribution < 1.29 is 9.90 Å². The number of imidazole rings is 1. The molecular formula is C8H7N3O2S. The topological polar surface area (TPSA) is 68.0 Å². The van der Waals surface area contributed by atoms with Gasteiger partial charge in [0.15, 0.2) is 5.69 Å². The number of nitrogens with zero attached hydrogens (tertiary/aromatic N) is 3. The molecule has 2 heterocycles. The van der Waals surface area contributed by atoms with Crippen LogP contribution in [0.5, 0.6) is 0 Å². The van der Waals surface area contributed by atoms with Gasteiger partial charge in [-0.2, -0.15) is 0 Å². The summed E-state index contributed by atoms with van der Waals surface area (Å²) in [4.78, 5) is 18.4. The molecule has 5 nitrogen and oxygen atoms in total. The molecule has 72 valence electrons. The van der Waals surface area contributed by atoms with E-state index in [-0.39, 0.29) is 5.69 Å². The summed E-state index contributed by atoms with van der Waals surface area (Å²) in [5.74, 6) is -1.02. The maximum atomic E-state index is 10.6. The Bertz CT molecular complexity index is 474. The van der Waals surface area contributed by atoms with Crippen molar-refractivity contribution in [3.63, 3.8) is 0 Å². The lowest BCUT2D eigenvalue weighted by atomic mass is 10.5. The average Bonchev–Trinajstić information content (AvgIpc) is 2.70. The second-order valence-corrected chi connectivity index (χ2v) is 3.90. The summed E-state index contributed by atoms with van der Waals surface area (Å²) < 4.78 is 1.65. The molecule has 0 atom stereocenters. The van der Waals surface area contributed by atoms with Gasteiger partial charge in [-0.15, -0.1) is 11.3 Å². The molecule has 0 aliphatic rings. The highest BCUT2D eigenvalue weighted by molar-refractivity contribution is 7.14. The second-order valence-electron chi connectivity index (χ2n) is 2.69. The summed E-state index contributed by atoms with van der Waals surface area (Å²) in [6.45, 7) is 1.89. The van der Waals surface area contributed by atoms with E-state index in [0.29, 0.717) is 0 Å². The molecule has 2 aromatic heterocycles. The van der Waals surface area contributed by atoms with Gasteiger partial charge in [-0.3, -0.25) is 4.57 Å². The van der Waals surface area contributed by atoms with E-state index >= 15 is 0 Å². The van der Waals surface area contributed by atoms with Gasteiger partial charge in [-0.1, -0.05) is 0 Å². The first-order valence-corrected chi connectivity index (χ1v) is 4.68. The van der Waals surface area contributed by atoms with E-state index < -0.39 is 5.97 Å². The average molecular weight is 209 g/mol. The fourth-order valence-electron chi connectivity index (χ4n) is 1.02. The van der Waals surface area contributed by atoms with Crippen LogP contribution in [0.2, 0.25) is 0 Å². The lowest BCUT2D eigenvalue weighted by Crippen LogP contribution is -1.95. The zero-order valence-electron chi connectivity index (χ0n) is 7.34. The van der Waals surface area contributed by atoms with Gasteiger partial charge in [0.05, 0.1) is 11.2 Å². The summed E-state index contributed by atoms with van der Waals surface area (Å²) in [6, 6.07) is 0. The van der Waals surface area contributed by atoms with E-state index in [1.165, 1.54) is 23.9 Å². The van der Waals surface area contributed by atoms with Crippen molar-refractivity contribution in [3.05, 3.63) is 29.4 Å². The Kier molecular flexibility index (Phi) is 2.05. The first-order chi connectivity index (χ1) is 6.66. The van der Waals surface area contributed by atoms with E-state index in [1.807, 2.05) is 6.92 Å². The number of carbonyl (C=O) groups is 1. The lowest BCUT2D eigenvalue weighted by molar-refractivity contribution is 0.0691. The molecule has 0 amide bonds. The SMILES string of the molecule is Cc1ncc(-n2cnc(C(=O)O)c2)s1. The number of thiazole rings is 1. The number of rotatable bonds is 2. The van der Waals surface area contributed by atoms with Gasteiger partial charge in [-0.25, -0.2) is 14.8 Å². The number of hydrogen-bond acceptors (Lipinski definition) is 4. The standard InChI is InChI=1S/C8H7N3O2S/c1-5-9-2-7(14-5)11-3-6(8(12)13)10-4-11/h2-4H,1H3,(H,12,13). The van der Waals surface area contributed by atoms with E-state index in [0.717, 1.165) is 10.0 Å². The maximum Gasteiger partial charge on any atom is 0.356 e. The van der Waals surface area contributed by atoms with Crippen molar-refractivity contribution in [2.75, 3.05) is 0 Å². The predicted molar refractivity (Wildman–Crippen MR) is 50.9 cm³/mol. The summed E-state index contributed by atoms with van der Waals surface area (Å²) in [6.07, 6.45) is 4.62. The minimum atomic E-state index is -1.02. The molecule has 0 aliphatic heterocycles. The molecule has 14 heavy (non-hydrogen) atoms. The van der Waals surface area contributed by atoms with Crippen LogP contribution in [0.15, 0.2) is 18.7 Å². The lowest BCUT2D eigenvalue weighted by Gasteiger charge is -1.92. The maximum absolute atomic E-state index is 10.6. The number of aromatic carboxylic acids is 1. The van der Waals surface area contributed by atoms with Crippen molar-refractivity contribution in [1.82, 2.24) is 14.5 Å². The van der Waals surface area contributed by atoms with Gasteiger partial charge in [0.2, 0.25) is 0 Å². The van der Waals surface area contributed by atoms with Crippen LogP contribution in [-0.2, 0) is 0 Å². The first-order valence-electron chi connectivity index (χ1n) is 3.87. The molecule has 0 spiro atoms. The zero-order valence-corrected chi connectivity index (χ0v) is 8.15. The second kappa shape index (κ2) is 3.22. The van der Waals surface area contributed by atoms with Gasteiger partial charge in [-0.05, 0) is 6.92 Å². The van der Waals surface area contributed by atoms with Crippen molar-refractivity contribution in [2.24, 2.45) is 0 Å². The van der Waals surface area contributed by atoms with Crippen LogP contribution in [0.3, 0.4) is 0 Å². The molecule has 0 radical (unpaired) electrons. The molecule has 0 unspecified atom stereocenters. The molecule has 0 saturated carbocycles. The van der Waals surface area contributed by atoms with Crippen LogP contribution in [0.4, 0.5) is 0 Å². The third kappa shape index (κ3) is 1.51. The molecular weight excluding hydrogens is 202 g/mol. The molecule has 0 fully saturated rings. The van der Waals surface area contributed by atoms with Crippen molar-refractivity contribution in [2.45, 2.75) is 6.92 Å². The van der Waals surface area contributed by atoms with Crippen LogP contribution in [0.1, 0.15) is 15.5 Å². The highest BCUT2D eigenvalue weighted by Gasteiger charge is 2.08. The summed E-state index contributed by atoms with van der Waals surface area (Å²) >= 11 is 1.48. The number of aromatic nitrogens is 3. The zero-order chi connectivity index (χ0) is 10.1. The van der Waals surface area contributed by atoms with E-state index in [1.54, 1.807) is 10.8 Å². The quantitative estimate of drug-likeness (QED) is 0.810. The number of carboxylic acids is 1. The number of hydrogen-bond donors (Lipinski definition) is 1. The predicted octanol–water partition coefficient (Wildman–Crippen LogP) is 1.34. The molecule has 0 saturated heterocycles. The molecule has 0 bridgehead atoms. The van der Waals surface area contributed by atoms with Gasteiger partial charge in [0, 0.05) is 6.20 Å². The summed E-state index contributed by atoms with van der Waals surface area (Å²) in [5, 5.41) is 10.5. The fraction of sp³-hybridized carbons (Fsp3) is 0.125. The third-order valence-corrected chi connectivity index (χ3v) is 2.59. The largest absolute Gasteiger partial charge is 0.476 e. The van der Waals surface area contributed by atoms with Crippen molar-refractivity contribution in [1.29, 1.82) is 0 Å². The third-order valence-electron chi connectivity index (χ3n) is 1.67. The smallest absolute Gasteiger partial charge is 0.356 e. The van der Waals surface area contributed by atoms with E-state index in [9.17, 15) is 4.79 Å². The summed E-state index contributed by atoms with van der Waals surface area (Å²) in [5.41, 5.74) is 0.0380. The molecule has 0 aliphatic carbocycles. The van der Waals surface area contributed by atoms with Gasteiger partial charge >= 0.3 is 5.97 Å². The monoisotopic (exact) mass is 209 g/mol. The Morgan fingerprint density at radius 1 is 1.57 bits per heavy atom. The highest BCUT2D eigenvalue weighted by atomic mass is 32.1. The minimum absolute atomic E-state index is 0.0380. The van der Waals surface area contributed by atoms with Gasteiger partial charge in [0.25, 0.3) is 0 Å². The molecule has 0 aromatic carbocycles. The molecule has 6 heteroatoms. The molecule has 2 rings (SSSR count).